The van der Waals surface area contributed by atoms with Crippen molar-refractivity contribution in [3.8, 4) is 0 Å². The zero-order chi connectivity index (χ0) is 11.5. The van der Waals surface area contributed by atoms with Gasteiger partial charge in [-0.05, 0) is 38.3 Å². The highest BCUT2D eigenvalue weighted by Crippen LogP contribution is 2.19. The molecule has 4 heteroatoms. The Morgan fingerprint density at radius 2 is 2.13 bits per heavy atom. The highest BCUT2D eigenvalue weighted by molar-refractivity contribution is 7.98. The number of hydrogen-bond donors (Lipinski definition) is 2. The minimum absolute atomic E-state index is 0.180. The normalized spacial score (nSPS) is 11.2. The molecule has 0 heterocycles. The molecular weight excluding hydrogens is 208 g/mol. The van der Waals surface area contributed by atoms with Crippen molar-refractivity contribution >= 4 is 23.4 Å². The Kier molecular flexibility index (Phi) is 3.77. The second-order valence-electron chi connectivity index (χ2n) is 3.91. The Hall–Kier alpha value is -1.00. The molecule has 0 aliphatic heterocycles. The summed E-state index contributed by atoms with van der Waals surface area (Å²) in [5.74, 6) is -0.180. The van der Waals surface area contributed by atoms with E-state index in [4.69, 9.17) is 5.73 Å². The molecule has 1 amide bonds. The van der Waals surface area contributed by atoms with Gasteiger partial charge in [-0.1, -0.05) is 6.07 Å². The van der Waals surface area contributed by atoms with Crippen LogP contribution in [0.5, 0.6) is 0 Å². The molecule has 0 aliphatic carbocycles. The van der Waals surface area contributed by atoms with Gasteiger partial charge >= 0.3 is 0 Å². The van der Waals surface area contributed by atoms with Crippen LogP contribution in [0.2, 0.25) is 0 Å². The van der Waals surface area contributed by atoms with E-state index in [9.17, 15) is 4.79 Å². The first-order valence-corrected chi connectivity index (χ1v) is 5.90. The second kappa shape index (κ2) is 4.68. The maximum atomic E-state index is 11.6. The van der Waals surface area contributed by atoms with Gasteiger partial charge in [-0.2, -0.15) is 0 Å². The molecule has 0 bridgehead atoms. The van der Waals surface area contributed by atoms with E-state index >= 15 is 0 Å². The van der Waals surface area contributed by atoms with Crippen LogP contribution in [0, 0.1) is 0 Å². The molecule has 0 fully saturated rings. The van der Waals surface area contributed by atoms with Crippen LogP contribution in [0.3, 0.4) is 0 Å². The molecule has 0 saturated carbocycles. The third kappa shape index (κ3) is 3.57. The standard InChI is InChI=1S/C11H16N2OS/c1-11(2,12)10(14)13-8-5-4-6-9(7-8)15-3/h4-7H,12H2,1-3H3,(H,13,14). The van der Waals surface area contributed by atoms with Crippen molar-refractivity contribution in [1.29, 1.82) is 0 Å². The quantitative estimate of drug-likeness (QED) is 0.773. The van der Waals surface area contributed by atoms with Gasteiger partial charge in [-0.15, -0.1) is 11.8 Å². The van der Waals surface area contributed by atoms with E-state index < -0.39 is 5.54 Å². The maximum absolute atomic E-state index is 11.6. The fraction of sp³-hybridized carbons (Fsp3) is 0.364. The number of nitrogens with two attached hydrogens (primary N) is 1. The van der Waals surface area contributed by atoms with Crippen LogP contribution in [0.4, 0.5) is 5.69 Å². The van der Waals surface area contributed by atoms with Crippen molar-refractivity contribution in [3.05, 3.63) is 24.3 Å². The van der Waals surface area contributed by atoms with Gasteiger partial charge in [0, 0.05) is 10.6 Å². The minimum atomic E-state index is -0.852. The van der Waals surface area contributed by atoms with E-state index in [1.165, 1.54) is 0 Å². The first kappa shape index (κ1) is 12.1. The monoisotopic (exact) mass is 224 g/mol. The van der Waals surface area contributed by atoms with Gasteiger partial charge in [0.25, 0.3) is 0 Å². The van der Waals surface area contributed by atoms with Gasteiger partial charge in [0.1, 0.15) is 0 Å². The lowest BCUT2D eigenvalue weighted by Gasteiger charge is -2.17. The van der Waals surface area contributed by atoms with E-state index in [2.05, 4.69) is 5.32 Å². The zero-order valence-corrected chi connectivity index (χ0v) is 10.0. The number of carbonyl (C=O) groups excluding carboxylic acids is 1. The summed E-state index contributed by atoms with van der Waals surface area (Å²) in [5, 5.41) is 2.78. The molecule has 3 nitrogen and oxygen atoms in total. The van der Waals surface area contributed by atoms with E-state index in [1.54, 1.807) is 25.6 Å². The van der Waals surface area contributed by atoms with Crippen molar-refractivity contribution in [2.45, 2.75) is 24.3 Å². The summed E-state index contributed by atoms with van der Waals surface area (Å²) in [6.07, 6.45) is 1.99. The molecule has 1 rings (SSSR count). The van der Waals surface area contributed by atoms with Crippen LogP contribution in [-0.2, 0) is 4.79 Å². The second-order valence-corrected chi connectivity index (χ2v) is 4.79. The van der Waals surface area contributed by atoms with Crippen molar-refractivity contribution in [3.63, 3.8) is 0 Å². The SMILES string of the molecule is CSc1cccc(NC(=O)C(C)(C)N)c1. The molecule has 0 atom stereocenters. The summed E-state index contributed by atoms with van der Waals surface area (Å²) in [6.45, 7) is 3.36. The summed E-state index contributed by atoms with van der Waals surface area (Å²) in [5.41, 5.74) is 5.61. The molecule has 1 aromatic carbocycles. The summed E-state index contributed by atoms with van der Waals surface area (Å²) in [6, 6.07) is 7.68. The molecular formula is C11H16N2OS. The van der Waals surface area contributed by atoms with E-state index in [-0.39, 0.29) is 5.91 Å². The van der Waals surface area contributed by atoms with Crippen LogP contribution >= 0.6 is 11.8 Å². The summed E-state index contributed by atoms with van der Waals surface area (Å²) < 4.78 is 0. The number of hydrogen-bond acceptors (Lipinski definition) is 3. The van der Waals surface area contributed by atoms with Gasteiger partial charge in [-0.25, -0.2) is 0 Å². The Bertz CT molecular complexity index is 358. The van der Waals surface area contributed by atoms with Crippen LogP contribution in [0.15, 0.2) is 29.2 Å². The van der Waals surface area contributed by atoms with Crippen molar-refractivity contribution < 1.29 is 4.79 Å². The Morgan fingerprint density at radius 1 is 1.47 bits per heavy atom. The number of carbonyl (C=O) groups is 1. The van der Waals surface area contributed by atoms with E-state index in [0.29, 0.717) is 0 Å². The average molecular weight is 224 g/mol. The molecule has 1 aromatic rings. The van der Waals surface area contributed by atoms with E-state index in [1.807, 2.05) is 30.5 Å². The lowest BCUT2D eigenvalue weighted by molar-refractivity contribution is -0.120. The van der Waals surface area contributed by atoms with Crippen molar-refractivity contribution in [2.24, 2.45) is 5.73 Å². The van der Waals surface area contributed by atoms with Crippen LogP contribution in [0.1, 0.15) is 13.8 Å². The zero-order valence-electron chi connectivity index (χ0n) is 9.20. The molecule has 0 unspecified atom stereocenters. The maximum Gasteiger partial charge on any atom is 0.243 e. The fourth-order valence-corrected chi connectivity index (χ4v) is 1.45. The first-order valence-electron chi connectivity index (χ1n) is 4.68. The van der Waals surface area contributed by atoms with Gasteiger partial charge in [0.15, 0.2) is 0 Å². The number of benzene rings is 1. The largest absolute Gasteiger partial charge is 0.324 e. The average Bonchev–Trinajstić information content (AvgIpc) is 2.16. The lowest BCUT2D eigenvalue weighted by atomic mass is 10.1. The number of nitrogens with one attached hydrogen (secondary N) is 1. The summed E-state index contributed by atoms with van der Waals surface area (Å²) >= 11 is 1.63. The van der Waals surface area contributed by atoms with Crippen molar-refractivity contribution in [1.82, 2.24) is 0 Å². The third-order valence-corrected chi connectivity index (χ3v) is 2.64. The van der Waals surface area contributed by atoms with E-state index in [0.717, 1.165) is 10.6 Å². The minimum Gasteiger partial charge on any atom is -0.324 e. The molecule has 0 aromatic heterocycles. The molecule has 0 aliphatic rings. The molecule has 82 valence electrons. The summed E-state index contributed by atoms with van der Waals surface area (Å²) in [7, 11) is 0. The van der Waals surface area contributed by atoms with Gasteiger partial charge < -0.3 is 11.1 Å². The number of anilines is 1. The molecule has 15 heavy (non-hydrogen) atoms. The Balaban J connectivity index is 2.77. The lowest BCUT2D eigenvalue weighted by Crippen LogP contribution is -2.45. The molecule has 0 spiro atoms. The van der Waals surface area contributed by atoms with Gasteiger partial charge in [-0.3, -0.25) is 4.79 Å². The third-order valence-electron chi connectivity index (χ3n) is 1.91. The number of amides is 1. The Labute approximate surface area is 94.4 Å². The van der Waals surface area contributed by atoms with Crippen LogP contribution < -0.4 is 11.1 Å². The fourth-order valence-electron chi connectivity index (χ4n) is 0.993. The van der Waals surface area contributed by atoms with Gasteiger partial charge in [0.2, 0.25) is 5.91 Å². The topological polar surface area (TPSA) is 55.1 Å². The summed E-state index contributed by atoms with van der Waals surface area (Å²) in [4.78, 5) is 12.7. The van der Waals surface area contributed by atoms with Crippen molar-refractivity contribution in [2.75, 3.05) is 11.6 Å². The molecule has 0 saturated heterocycles. The van der Waals surface area contributed by atoms with Crippen LogP contribution in [-0.4, -0.2) is 17.7 Å². The molecule has 0 radical (unpaired) electrons. The highest BCUT2D eigenvalue weighted by Gasteiger charge is 2.21. The van der Waals surface area contributed by atoms with Crippen LogP contribution in [0.25, 0.3) is 0 Å². The Morgan fingerprint density at radius 3 is 2.67 bits per heavy atom. The predicted octanol–water partition coefficient (Wildman–Crippen LogP) is 2.08. The number of thioether (sulfide) groups is 1. The number of rotatable bonds is 3. The molecule has 3 N–H and O–H groups in total. The first-order chi connectivity index (χ1) is 6.93. The highest BCUT2D eigenvalue weighted by atomic mass is 32.2. The smallest absolute Gasteiger partial charge is 0.243 e. The predicted molar refractivity (Wildman–Crippen MR) is 65.1 cm³/mol. The van der Waals surface area contributed by atoms with Gasteiger partial charge in [0.05, 0.1) is 5.54 Å².